The van der Waals surface area contributed by atoms with Crippen molar-refractivity contribution in [2.75, 3.05) is 0 Å². The fourth-order valence-electron chi connectivity index (χ4n) is 11.2. The largest absolute Gasteiger partial charge is 0.454 e. The number of furan rings is 1. The molecule has 0 saturated carbocycles. The summed E-state index contributed by atoms with van der Waals surface area (Å²) in [5.74, 6) is 1.76. The SMILES string of the molecule is c1ccc(-c2ccc(-c3cc(-n4c5ccccc5c5ccc6c7ccccc7n(-c7nc(-c8ccccc8)nc(-c8ccc9c(c8)-c8ccccc8C9)n7)c6c54)c4oc5ccccc5c4c3)cc2)cc1. The van der Waals surface area contributed by atoms with Gasteiger partial charge in [0.05, 0.1) is 27.8 Å². The first-order chi connectivity index (χ1) is 34.7. The highest BCUT2D eigenvalue weighted by Crippen LogP contribution is 2.45. The first kappa shape index (κ1) is 38.7. The van der Waals surface area contributed by atoms with Crippen molar-refractivity contribution < 1.29 is 4.42 Å². The van der Waals surface area contributed by atoms with E-state index in [1.54, 1.807) is 0 Å². The van der Waals surface area contributed by atoms with Crippen molar-refractivity contribution in [3.8, 4) is 67.8 Å². The summed E-state index contributed by atoms with van der Waals surface area (Å²) in [7, 11) is 0. The van der Waals surface area contributed by atoms with E-state index in [4.69, 9.17) is 19.4 Å². The van der Waals surface area contributed by atoms with Crippen molar-refractivity contribution in [2.45, 2.75) is 6.42 Å². The van der Waals surface area contributed by atoms with Crippen molar-refractivity contribution in [3.63, 3.8) is 0 Å². The second kappa shape index (κ2) is 15.1. The molecule has 4 aromatic heterocycles. The lowest BCUT2D eigenvalue weighted by molar-refractivity contribution is 0.666. The Morgan fingerprint density at radius 2 is 0.886 bits per heavy atom. The van der Waals surface area contributed by atoms with Crippen LogP contribution in [0.1, 0.15) is 11.1 Å². The van der Waals surface area contributed by atoms with Crippen LogP contribution in [0.2, 0.25) is 0 Å². The lowest BCUT2D eigenvalue weighted by Gasteiger charge is -2.15. The maximum atomic E-state index is 6.98. The van der Waals surface area contributed by atoms with E-state index in [0.29, 0.717) is 17.6 Å². The van der Waals surface area contributed by atoms with Gasteiger partial charge in [0.25, 0.3) is 0 Å². The smallest absolute Gasteiger partial charge is 0.238 e. The molecule has 15 rings (SSSR count). The predicted molar refractivity (Wildman–Crippen MR) is 286 cm³/mol. The molecule has 0 aliphatic heterocycles. The summed E-state index contributed by atoms with van der Waals surface area (Å²) in [6, 6.07) is 79.9. The van der Waals surface area contributed by atoms with Gasteiger partial charge in [-0.25, -0.2) is 4.98 Å². The topological polar surface area (TPSA) is 61.7 Å². The Labute approximate surface area is 402 Å². The molecule has 0 unspecified atom stereocenters. The summed E-state index contributed by atoms with van der Waals surface area (Å²) < 4.78 is 11.7. The van der Waals surface area contributed by atoms with Gasteiger partial charge >= 0.3 is 0 Å². The Morgan fingerprint density at radius 1 is 0.343 bits per heavy atom. The molecule has 0 bridgehead atoms. The van der Waals surface area contributed by atoms with Crippen molar-refractivity contribution in [2.24, 2.45) is 0 Å². The van der Waals surface area contributed by atoms with Gasteiger partial charge < -0.3 is 8.98 Å². The van der Waals surface area contributed by atoms with Gasteiger partial charge in [0, 0.05) is 43.4 Å². The van der Waals surface area contributed by atoms with E-state index < -0.39 is 0 Å². The third kappa shape index (κ3) is 5.83. The van der Waals surface area contributed by atoms with Gasteiger partial charge in [-0.3, -0.25) is 4.57 Å². The Balaban J connectivity index is 1.04. The molecule has 1 aliphatic rings. The number of nitrogens with zero attached hydrogens (tertiary/aromatic N) is 5. The lowest BCUT2D eigenvalue weighted by Crippen LogP contribution is -2.07. The van der Waals surface area contributed by atoms with Gasteiger partial charge in [0.15, 0.2) is 17.2 Å². The highest BCUT2D eigenvalue weighted by atomic mass is 16.3. The number of hydrogen-bond donors (Lipinski definition) is 0. The molecule has 0 N–H and O–H groups in total. The van der Waals surface area contributed by atoms with Gasteiger partial charge in [-0.15, -0.1) is 0 Å². The number of aromatic nitrogens is 5. The fourth-order valence-corrected chi connectivity index (χ4v) is 11.2. The summed E-state index contributed by atoms with van der Waals surface area (Å²) in [4.78, 5) is 16.2. The van der Waals surface area contributed by atoms with E-state index in [2.05, 4.69) is 209 Å². The zero-order valence-corrected chi connectivity index (χ0v) is 37.7. The summed E-state index contributed by atoms with van der Waals surface area (Å²) in [5, 5.41) is 6.58. The molecule has 0 fully saturated rings. The van der Waals surface area contributed by atoms with Crippen LogP contribution >= 0.6 is 0 Å². The van der Waals surface area contributed by atoms with Gasteiger partial charge in [-0.1, -0.05) is 188 Å². The number of fused-ring (bicyclic) bond motifs is 13. The molecule has 0 atom stereocenters. The summed E-state index contributed by atoms with van der Waals surface area (Å²) in [5.41, 5.74) is 18.3. The van der Waals surface area contributed by atoms with E-state index in [0.717, 1.165) is 99.9 Å². The molecular weight excluding hydrogens is 855 g/mol. The van der Waals surface area contributed by atoms with E-state index in [1.807, 2.05) is 24.3 Å². The molecule has 0 amide bonds. The van der Waals surface area contributed by atoms with Crippen LogP contribution in [0.5, 0.6) is 0 Å². The lowest BCUT2D eigenvalue weighted by atomic mass is 9.98. The second-order valence-electron chi connectivity index (χ2n) is 18.3. The molecular formula is C64H39N5O. The Morgan fingerprint density at radius 3 is 1.63 bits per heavy atom. The Bertz CT molecular complexity index is 4430. The standard InChI is InChI=1S/C64H39N5O/c1-3-15-39(16-4-1)40-27-29-41(30-28-40)46-37-54-50-23-11-14-26-58(50)70-61(54)57(38-46)68-55-24-12-9-21-48(55)51-33-34-52-49-22-10-13-25-56(49)69(60(52)59(51)68)64-66-62(42-17-5-2-6-18-42)65-63(67-64)45-32-31-44-35-43-19-7-8-20-47(43)53(44)36-45/h1-34,36-38H,35H2. The number of para-hydroxylation sites is 3. The maximum Gasteiger partial charge on any atom is 0.238 e. The Hall–Kier alpha value is -9.39. The minimum Gasteiger partial charge on any atom is -0.454 e. The van der Waals surface area contributed by atoms with E-state index in [-0.39, 0.29) is 0 Å². The molecule has 6 nitrogen and oxygen atoms in total. The summed E-state index contributed by atoms with van der Waals surface area (Å²) in [6.07, 6.45) is 0.915. The van der Waals surface area contributed by atoms with Gasteiger partial charge in [0.2, 0.25) is 5.95 Å². The van der Waals surface area contributed by atoms with Crippen molar-refractivity contribution in [1.82, 2.24) is 24.1 Å². The molecule has 326 valence electrons. The Kier molecular flexibility index (Phi) is 8.32. The molecule has 0 radical (unpaired) electrons. The average molecular weight is 894 g/mol. The summed E-state index contributed by atoms with van der Waals surface area (Å²) in [6.45, 7) is 0. The second-order valence-corrected chi connectivity index (χ2v) is 18.3. The number of benzene rings is 10. The third-order valence-corrected chi connectivity index (χ3v) is 14.4. The molecule has 6 heteroatoms. The van der Waals surface area contributed by atoms with Crippen LogP contribution in [0.15, 0.2) is 229 Å². The maximum absolute atomic E-state index is 6.98. The number of rotatable bonds is 6. The molecule has 4 heterocycles. The van der Waals surface area contributed by atoms with Crippen molar-refractivity contribution >= 4 is 65.6 Å². The first-order valence-corrected chi connectivity index (χ1v) is 23.8. The molecule has 0 spiro atoms. The number of hydrogen-bond acceptors (Lipinski definition) is 4. The molecule has 14 aromatic rings. The predicted octanol–water partition coefficient (Wildman–Crippen LogP) is 16.2. The van der Waals surface area contributed by atoms with Crippen LogP contribution in [-0.2, 0) is 6.42 Å². The molecule has 0 saturated heterocycles. The van der Waals surface area contributed by atoms with Gasteiger partial charge in [0.1, 0.15) is 5.58 Å². The third-order valence-electron chi connectivity index (χ3n) is 14.4. The highest BCUT2D eigenvalue weighted by molar-refractivity contribution is 6.24. The zero-order chi connectivity index (χ0) is 45.9. The molecule has 10 aromatic carbocycles. The van der Waals surface area contributed by atoms with Crippen LogP contribution in [0.25, 0.3) is 133 Å². The van der Waals surface area contributed by atoms with Crippen molar-refractivity contribution in [1.29, 1.82) is 0 Å². The van der Waals surface area contributed by atoms with E-state index in [9.17, 15) is 0 Å². The minimum atomic E-state index is 0.543. The van der Waals surface area contributed by atoms with E-state index >= 15 is 0 Å². The van der Waals surface area contributed by atoms with Gasteiger partial charge in [-0.2, -0.15) is 9.97 Å². The average Bonchev–Trinajstić information content (AvgIpc) is 4.19. The monoisotopic (exact) mass is 893 g/mol. The van der Waals surface area contributed by atoms with Crippen LogP contribution in [0, 0.1) is 0 Å². The van der Waals surface area contributed by atoms with Crippen molar-refractivity contribution in [3.05, 3.63) is 236 Å². The first-order valence-electron chi connectivity index (χ1n) is 23.8. The van der Waals surface area contributed by atoms with Crippen LogP contribution < -0.4 is 0 Å². The fraction of sp³-hybridized carbons (Fsp3) is 0.0156. The molecule has 70 heavy (non-hydrogen) atoms. The minimum absolute atomic E-state index is 0.543. The normalized spacial score (nSPS) is 12.2. The molecule has 1 aliphatic carbocycles. The van der Waals surface area contributed by atoms with Crippen LogP contribution in [-0.4, -0.2) is 24.1 Å². The van der Waals surface area contributed by atoms with Crippen LogP contribution in [0.3, 0.4) is 0 Å². The zero-order valence-electron chi connectivity index (χ0n) is 37.7. The van der Waals surface area contributed by atoms with E-state index in [1.165, 1.54) is 33.4 Å². The van der Waals surface area contributed by atoms with Crippen LogP contribution in [0.4, 0.5) is 0 Å². The highest BCUT2D eigenvalue weighted by Gasteiger charge is 2.26. The quantitative estimate of drug-likeness (QED) is 0.167. The van der Waals surface area contributed by atoms with Gasteiger partial charge in [-0.05, 0) is 87.3 Å². The summed E-state index contributed by atoms with van der Waals surface area (Å²) >= 11 is 0.